The molecule has 0 saturated heterocycles. The van der Waals surface area contributed by atoms with Gasteiger partial charge in [-0.3, -0.25) is 25.0 Å². The van der Waals surface area contributed by atoms with Crippen LogP contribution in [-0.2, 0) is 4.79 Å². The Kier molecular flexibility index (Phi) is 6.44. The first-order chi connectivity index (χ1) is 10.7. The molecular formula is C14H17ClN2O6. The van der Waals surface area contributed by atoms with Gasteiger partial charge in [0.2, 0.25) is 5.75 Å². The quantitative estimate of drug-likeness (QED) is 0.243. The van der Waals surface area contributed by atoms with Crippen molar-refractivity contribution in [3.8, 4) is 5.75 Å². The van der Waals surface area contributed by atoms with Gasteiger partial charge in [0.1, 0.15) is 5.38 Å². The molecule has 9 heteroatoms. The van der Waals surface area contributed by atoms with Crippen LogP contribution in [0, 0.1) is 20.2 Å². The number of carbonyl (C=O) groups excluding carboxylic acids is 1. The highest BCUT2D eigenvalue weighted by Gasteiger charge is 2.30. The monoisotopic (exact) mass is 344 g/mol. The Morgan fingerprint density at radius 1 is 1.22 bits per heavy atom. The number of halogens is 1. The maximum atomic E-state index is 11.9. The summed E-state index contributed by atoms with van der Waals surface area (Å²) in [5.41, 5.74) is -0.811. The van der Waals surface area contributed by atoms with Crippen molar-refractivity contribution in [1.82, 2.24) is 0 Å². The second-order valence-corrected chi connectivity index (χ2v) is 5.53. The Morgan fingerprint density at radius 2 is 1.83 bits per heavy atom. The molecule has 23 heavy (non-hydrogen) atoms. The maximum absolute atomic E-state index is 11.9. The normalized spacial score (nSPS) is 13.2. The SMILES string of the molecule is CCC(Cl)C(=O)Oc1c(C(C)CC)cc([N+](=O)[O-])cc1[N+](=O)[O-]. The van der Waals surface area contributed by atoms with Crippen LogP contribution < -0.4 is 4.74 Å². The molecule has 0 aliphatic rings. The van der Waals surface area contributed by atoms with E-state index in [1.807, 2.05) is 6.92 Å². The van der Waals surface area contributed by atoms with Gasteiger partial charge in [-0.25, -0.2) is 0 Å². The minimum absolute atomic E-state index is 0.238. The Bertz CT molecular complexity index is 634. The number of esters is 1. The molecule has 0 amide bonds. The summed E-state index contributed by atoms with van der Waals surface area (Å²) in [6.07, 6.45) is 0.848. The molecule has 1 rings (SSSR count). The number of carbonyl (C=O) groups is 1. The lowest BCUT2D eigenvalue weighted by atomic mass is 9.96. The summed E-state index contributed by atoms with van der Waals surface area (Å²) < 4.78 is 5.11. The average molecular weight is 345 g/mol. The van der Waals surface area contributed by atoms with Gasteiger partial charge < -0.3 is 4.74 Å². The van der Waals surface area contributed by atoms with E-state index in [2.05, 4.69) is 0 Å². The van der Waals surface area contributed by atoms with Gasteiger partial charge in [0.15, 0.2) is 0 Å². The fourth-order valence-electron chi connectivity index (χ4n) is 1.89. The van der Waals surface area contributed by atoms with Gasteiger partial charge in [-0.2, -0.15) is 0 Å². The van der Waals surface area contributed by atoms with E-state index in [0.29, 0.717) is 12.8 Å². The summed E-state index contributed by atoms with van der Waals surface area (Å²) in [6.45, 7) is 5.22. The first-order valence-electron chi connectivity index (χ1n) is 7.05. The molecule has 2 atom stereocenters. The summed E-state index contributed by atoms with van der Waals surface area (Å²) in [6, 6.07) is 1.97. The molecule has 1 aromatic carbocycles. The van der Waals surface area contributed by atoms with Crippen molar-refractivity contribution >= 4 is 28.9 Å². The van der Waals surface area contributed by atoms with Gasteiger partial charge in [0.05, 0.1) is 15.9 Å². The Morgan fingerprint density at radius 3 is 2.26 bits per heavy atom. The second kappa shape index (κ2) is 7.87. The highest BCUT2D eigenvalue weighted by atomic mass is 35.5. The summed E-state index contributed by atoms with van der Waals surface area (Å²) in [7, 11) is 0. The second-order valence-electron chi connectivity index (χ2n) is 5.00. The summed E-state index contributed by atoms with van der Waals surface area (Å²) in [5, 5.41) is 21.3. The minimum atomic E-state index is -0.949. The van der Waals surface area contributed by atoms with Crippen LogP contribution in [0.2, 0.25) is 0 Å². The Labute approximate surface area is 137 Å². The molecule has 0 aliphatic carbocycles. The van der Waals surface area contributed by atoms with E-state index >= 15 is 0 Å². The van der Waals surface area contributed by atoms with Crippen LogP contribution >= 0.6 is 11.6 Å². The molecule has 0 radical (unpaired) electrons. The molecule has 0 heterocycles. The van der Waals surface area contributed by atoms with Crippen LogP contribution in [0.1, 0.15) is 45.1 Å². The molecule has 0 aliphatic heterocycles. The topological polar surface area (TPSA) is 113 Å². The molecule has 0 bridgehead atoms. The van der Waals surface area contributed by atoms with Gasteiger partial charge >= 0.3 is 11.7 Å². The predicted molar refractivity (Wildman–Crippen MR) is 84.0 cm³/mol. The van der Waals surface area contributed by atoms with E-state index in [1.54, 1.807) is 13.8 Å². The van der Waals surface area contributed by atoms with Crippen molar-refractivity contribution in [2.75, 3.05) is 0 Å². The van der Waals surface area contributed by atoms with Gasteiger partial charge in [-0.1, -0.05) is 20.8 Å². The smallest absolute Gasteiger partial charge is 0.329 e. The number of nitrogens with zero attached hydrogens (tertiary/aromatic N) is 2. The number of hydrogen-bond acceptors (Lipinski definition) is 6. The fourth-order valence-corrected chi connectivity index (χ4v) is 1.93. The highest BCUT2D eigenvalue weighted by molar-refractivity contribution is 6.30. The maximum Gasteiger partial charge on any atom is 0.329 e. The molecule has 1 aromatic rings. The third kappa shape index (κ3) is 4.38. The standard InChI is InChI=1S/C14H17ClN2O6/c1-4-8(3)10-6-9(16(19)20)7-12(17(21)22)13(10)23-14(18)11(15)5-2/h6-8,11H,4-5H2,1-3H3. The van der Waals surface area contributed by atoms with Gasteiger partial charge in [-0.15, -0.1) is 11.6 Å². The largest absolute Gasteiger partial charge is 0.418 e. The highest BCUT2D eigenvalue weighted by Crippen LogP contribution is 2.40. The first kappa shape index (κ1) is 18.8. The van der Waals surface area contributed by atoms with E-state index < -0.39 is 32.6 Å². The third-order valence-corrected chi connectivity index (χ3v) is 3.94. The van der Waals surface area contributed by atoms with Crippen LogP contribution in [0.4, 0.5) is 11.4 Å². The zero-order valence-electron chi connectivity index (χ0n) is 12.9. The average Bonchev–Trinajstić information content (AvgIpc) is 2.52. The lowest BCUT2D eigenvalue weighted by Crippen LogP contribution is -2.21. The van der Waals surface area contributed by atoms with Crippen LogP contribution in [0.3, 0.4) is 0 Å². The molecule has 0 aromatic heterocycles. The number of nitro benzene ring substituents is 2. The first-order valence-corrected chi connectivity index (χ1v) is 7.48. The molecule has 126 valence electrons. The Hall–Kier alpha value is -2.22. The van der Waals surface area contributed by atoms with Crippen molar-refractivity contribution in [3.63, 3.8) is 0 Å². The number of non-ortho nitro benzene ring substituents is 1. The Balaban J connectivity index is 3.52. The summed E-state index contributed by atoms with van der Waals surface area (Å²) >= 11 is 5.79. The van der Waals surface area contributed by atoms with Crippen molar-refractivity contribution in [2.24, 2.45) is 0 Å². The lowest BCUT2D eigenvalue weighted by Gasteiger charge is -2.15. The van der Waals surface area contributed by atoms with Crippen LogP contribution in [-0.4, -0.2) is 21.2 Å². The summed E-state index contributed by atoms with van der Waals surface area (Å²) in [5.74, 6) is -1.37. The number of benzene rings is 1. The van der Waals surface area contributed by atoms with Crippen LogP contribution in [0.25, 0.3) is 0 Å². The lowest BCUT2D eigenvalue weighted by molar-refractivity contribution is -0.394. The molecule has 8 nitrogen and oxygen atoms in total. The molecular weight excluding hydrogens is 328 g/mol. The zero-order valence-corrected chi connectivity index (χ0v) is 13.7. The number of alkyl halides is 1. The zero-order chi connectivity index (χ0) is 17.7. The van der Waals surface area contributed by atoms with E-state index in [1.165, 1.54) is 6.07 Å². The van der Waals surface area contributed by atoms with Gasteiger partial charge in [0, 0.05) is 11.6 Å². The van der Waals surface area contributed by atoms with Crippen molar-refractivity contribution < 1.29 is 19.4 Å². The molecule has 0 saturated carbocycles. The summed E-state index contributed by atoms with van der Waals surface area (Å²) in [4.78, 5) is 32.6. The van der Waals surface area contributed by atoms with Crippen molar-refractivity contribution in [1.29, 1.82) is 0 Å². The van der Waals surface area contributed by atoms with E-state index in [-0.39, 0.29) is 17.2 Å². The minimum Gasteiger partial charge on any atom is -0.418 e. The third-order valence-electron chi connectivity index (χ3n) is 3.45. The number of hydrogen-bond donors (Lipinski definition) is 0. The predicted octanol–water partition coefficient (Wildman–Crippen LogP) is 3.94. The number of ether oxygens (including phenoxy) is 1. The van der Waals surface area contributed by atoms with Gasteiger partial charge in [0.25, 0.3) is 5.69 Å². The van der Waals surface area contributed by atoms with Crippen molar-refractivity contribution in [3.05, 3.63) is 37.9 Å². The van der Waals surface area contributed by atoms with E-state index in [9.17, 15) is 25.0 Å². The van der Waals surface area contributed by atoms with Crippen LogP contribution in [0.5, 0.6) is 5.75 Å². The van der Waals surface area contributed by atoms with E-state index in [4.69, 9.17) is 16.3 Å². The van der Waals surface area contributed by atoms with Crippen LogP contribution in [0.15, 0.2) is 12.1 Å². The molecule has 0 N–H and O–H groups in total. The molecule has 2 unspecified atom stereocenters. The number of nitro groups is 2. The van der Waals surface area contributed by atoms with E-state index in [0.717, 1.165) is 6.07 Å². The molecule has 0 fully saturated rings. The fraction of sp³-hybridized carbons (Fsp3) is 0.500. The van der Waals surface area contributed by atoms with Crippen molar-refractivity contribution in [2.45, 2.75) is 44.9 Å². The molecule has 0 spiro atoms. The van der Waals surface area contributed by atoms with Gasteiger partial charge in [-0.05, 0) is 18.8 Å². The number of rotatable bonds is 7.